The summed E-state index contributed by atoms with van der Waals surface area (Å²) in [6, 6.07) is 0. The first-order chi connectivity index (χ1) is 9.90. The summed E-state index contributed by atoms with van der Waals surface area (Å²) in [6.45, 7) is 11.9. The molecule has 1 aliphatic rings. The van der Waals surface area contributed by atoms with E-state index in [4.69, 9.17) is 4.98 Å². The molecule has 0 saturated carbocycles. The van der Waals surface area contributed by atoms with Crippen molar-refractivity contribution in [3.63, 3.8) is 0 Å². The fourth-order valence-corrected chi connectivity index (χ4v) is 3.57. The van der Waals surface area contributed by atoms with Gasteiger partial charge in [-0.25, -0.2) is 4.98 Å². The van der Waals surface area contributed by atoms with Gasteiger partial charge in [0.2, 0.25) is 0 Å². The lowest BCUT2D eigenvalue weighted by Crippen LogP contribution is -2.45. The topological polar surface area (TPSA) is 40.5 Å². The summed E-state index contributed by atoms with van der Waals surface area (Å²) < 4.78 is 0. The van der Waals surface area contributed by atoms with Crippen LogP contribution in [0.1, 0.15) is 51.2 Å². The van der Waals surface area contributed by atoms with Crippen LogP contribution in [0.15, 0.2) is 10.4 Å². The second-order valence-electron chi connectivity index (χ2n) is 6.97. The fourth-order valence-electron chi connectivity index (χ4n) is 2.61. The zero-order chi connectivity index (χ0) is 15.5. The molecule has 1 aromatic heterocycles. The molecule has 0 spiro atoms. The molecular formula is C16H29IN4S. The molecule has 126 valence electrons. The highest BCUT2D eigenvalue weighted by Crippen LogP contribution is 2.23. The van der Waals surface area contributed by atoms with E-state index in [0.29, 0.717) is 0 Å². The van der Waals surface area contributed by atoms with Gasteiger partial charge in [0.15, 0.2) is 5.96 Å². The van der Waals surface area contributed by atoms with Gasteiger partial charge >= 0.3 is 0 Å². The summed E-state index contributed by atoms with van der Waals surface area (Å²) in [5, 5.41) is 6.76. The molecule has 4 nitrogen and oxygen atoms in total. The van der Waals surface area contributed by atoms with Crippen molar-refractivity contribution >= 4 is 41.3 Å². The van der Waals surface area contributed by atoms with E-state index in [-0.39, 0.29) is 29.4 Å². The van der Waals surface area contributed by atoms with Gasteiger partial charge in [-0.2, -0.15) is 0 Å². The van der Waals surface area contributed by atoms with E-state index in [1.807, 2.05) is 7.05 Å². The molecule has 2 rings (SSSR count). The number of hydrogen-bond donors (Lipinski definition) is 1. The second kappa shape index (κ2) is 8.47. The Morgan fingerprint density at radius 1 is 1.50 bits per heavy atom. The number of rotatable bonds is 2. The third-order valence-electron chi connectivity index (χ3n) is 3.89. The summed E-state index contributed by atoms with van der Waals surface area (Å²) in [6.07, 6.45) is 2.59. The van der Waals surface area contributed by atoms with Crippen LogP contribution in [0.3, 0.4) is 0 Å². The Morgan fingerprint density at radius 2 is 2.23 bits per heavy atom. The van der Waals surface area contributed by atoms with Crippen LogP contribution in [0.5, 0.6) is 0 Å². The van der Waals surface area contributed by atoms with Crippen LogP contribution in [-0.2, 0) is 12.0 Å². The normalized spacial score (nSPS) is 19.8. The first-order valence-corrected chi connectivity index (χ1v) is 8.68. The number of nitrogens with zero attached hydrogens (tertiary/aromatic N) is 3. The quantitative estimate of drug-likeness (QED) is 0.435. The van der Waals surface area contributed by atoms with Crippen molar-refractivity contribution in [2.24, 2.45) is 10.9 Å². The van der Waals surface area contributed by atoms with Crippen LogP contribution in [0, 0.1) is 5.92 Å². The van der Waals surface area contributed by atoms with Crippen molar-refractivity contribution in [3.05, 3.63) is 16.1 Å². The summed E-state index contributed by atoms with van der Waals surface area (Å²) >= 11 is 1.73. The number of likely N-dealkylation sites (tertiary alicyclic amines) is 1. The van der Waals surface area contributed by atoms with Crippen molar-refractivity contribution in [2.75, 3.05) is 20.1 Å². The lowest BCUT2D eigenvalue weighted by molar-refractivity contribution is 0.266. The van der Waals surface area contributed by atoms with Crippen molar-refractivity contribution in [1.82, 2.24) is 15.2 Å². The lowest BCUT2D eigenvalue weighted by Gasteiger charge is -2.33. The van der Waals surface area contributed by atoms with Crippen LogP contribution < -0.4 is 5.32 Å². The summed E-state index contributed by atoms with van der Waals surface area (Å²) in [7, 11) is 1.87. The number of hydrogen-bond acceptors (Lipinski definition) is 3. The fraction of sp³-hybridized carbons (Fsp3) is 0.750. The third-order valence-corrected chi connectivity index (χ3v) is 4.74. The molecule has 1 atom stereocenters. The molecule has 0 radical (unpaired) electrons. The van der Waals surface area contributed by atoms with Crippen LogP contribution in [0.25, 0.3) is 0 Å². The monoisotopic (exact) mass is 436 g/mol. The maximum atomic E-state index is 4.73. The highest BCUT2D eigenvalue weighted by atomic mass is 127. The number of piperidine rings is 1. The Hall–Kier alpha value is -0.370. The highest BCUT2D eigenvalue weighted by molar-refractivity contribution is 14.0. The summed E-state index contributed by atoms with van der Waals surface area (Å²) in [5.41, 5.74) is 1.30. The van der Waals surface area contributed by atoms with Gasteiger partial charge in [-0.05, 0) is 18.8 Å². The van der Waals surface area contributed by atoms with E-state index in [1.54, 1.807) is 11.3 Å². The molecule has 22 heavy (non-hydrogen) atoms. The Bertz CT molecular complexity index is 493. The molecule has 0 bridgehead atoms. The Labute approximate surface area is 155 Å². The number of nitrogens with one attached hydrogen (secondary N) is 1. The van der Waals surface area contributed by atoms with Crippen molar-refractivity contribution in [1.29, 1.82) is 0 Å². The second-order valence-corrected chi connectivity index (χ2v) is 7.91. The number of aromatic nitrogens is 1. The van der Waals surface area contributed by atoms with Gasteiger partial charge in [-0.1, -0.05) is 27.7 Å². The summed E-state index contributed by atoms with van der Waals surface area (Å²) in [4.78, 5) is 11.5. The van der Waals surface area contributed by atoms with E-state index in [2.05, 4.69) is 48.3 Å². The van der Waals surface area contributed by atoms with Gasteiger partial charge in [0, 0.05) is 30.9 Å². The van der Waals surface area contributed by atoms with E-state index in [1.165, 1.54) is 18.5 Å². The van der Waals surface area contributed by atoms with Crippen LogP contribution >= 0.6 is 35.3 Å². The van der Waals surface area contributed by atoms with E-state index in [0.717, 1.165) is 36.5 Å². The SMILES string of the molecule is CN=C(NCc1nc(C(C)(C)C)cs1)N1CCCC(C)C1.I. The van der Waals surface area contributed by atoms with Gasteiger partial charge < -0.3 is 10.2 Å². The van der Waals surface area contributed by atoms with E-state index in [9.17, 15) is 0 Å². The van der Waals surface area contributed by atoms with Crippen molar-refractivity contribution in [2.45, 2.75) is 52.5 Å². The zero-order valence-corrected chi connectivity index (χ0v) is 17.5. The standard InChI is InChI=1S/C16H28N4S.HI/c1-12-7-6-8-20(10-12)15(17-5)18-9-14-19-13(11-21-14)16(2,3)4;/h11-12H,6-10H2,1-5H3,(H,17,18);1H. The molecule has 1 unspecified atom stereocenters. The smallest absolute Gasteiger partial charge is 0.194 e. The molecule has 1 fully saturated rings. The van der Waals surface area contributed by atoms with Gasteiger partial charge in [-0.15, -0.1) is 35.3 Å². The first-order valence-electron chi connectivity index (χ1n) is 7.80. The Balaban J connectivity index is 0.00000242. The molecule has 0 aromatic carbocycles. The average Bonchev–Trinajstić information content (AvgIpc) is 2.88. The predicted molar refractivity (Wildman–Crippen MR) is 106 cm³/mol. The molecule has 6 heteroatoms. The molecule has 1 saturated heterocycles. The number of aliphatic imine (C=N–C) groups is 1. The van der Waals surface area contributed by atoms with Crippen LogP contribution in [0.2, 0.25) is 0 Å². The van der Waals surface area contributed by atoms with Gasteiger partial charge in [0.05, 0.1) is 12.2 Å². The average molecular weight is 436 g/mol. The van der Waals surface area contributed by atoms with Gasteiger partial charge in [0.25, 0.3) is 0 Å². The van der Waals surface area contributed by atoms with E-state index < -0.39 is 0 Å². The van der Waals surface area contributed by atoms with Crippen LogP contribution in [-0.4, -0.2) is 36.0 Å². The van der Waals surface area contributed by atoms with E-state index >= 15 is 0 Å². The number of halogens is 1. The molecule has 0 aliphatic carbocycles. The molecule has 1 aromatic rings. The van der Waals surface area contributed by atoms with Gasteiger partial charge in [0.1, 0.15) is 5.01 Å². The summed E-state index contributed by atoms with van der Waals surface area (Å²) in [5.74, 6) is 1.76. The van der Waals surface area contributed by atoms with Gasteiger partial charge in [-0.3, -0.25) is 4.99 Å². The minimum atomic E-state index is 0. The first kappa shape index (κ1) is 19.7. The third kappa shape index (κ3) is 5.37. The minimum absolute atomic E-state index is 0. The molecule has 1 aliphatic heterocycles. The number of thiazole rings is 1. The zero-order valence-electron chi connectivity index (χ0n) is 14.3. The molecule has 0 amide bonds. The maximum absolute atomic E-state index is 4.73. The van der Waals surface area contributed by atoms with Crippen molar-refractivity contribution in [3.8, 4) is 0 Å². The largest absolute Gasteiger partial charge is 0.350 e. The predicted octanol–water partition coefficient (Wildman–Crippen LogP) is 3.87. The Morgan fingerprint density at radius 3 is 2.77 bits per heavy atom. The molecular weight excluding hydrogens is 407 g/mol. The number of guanidine groups is 1. The Kier molecular flexibility index (Phi) is 7.58. The minimum Gasteiger partial charge on any atom is -0.350 e. The molecule has 1 N–H and O–H groups in total. The lowest BCUT2D eigenvalue weighted by atomic mass is 9.93. The maximum Gasteiger partial charge on any atom is 0.194 e. The molecule has 2 heterocycles. The van der Waals surface area contributed by atoms with Crippen LogP contribution in [0.4, 0.5) is 0 Å². The van der Waals surface area contributed by atoms with Crippen molar-refractivity contribution < 1.29 is 0 Å². The highest BCUT2D eigenvalue weighted by Gasteiger charge is 2.20.